The lowest BCUT2D eigenvalue weighted by Gasteiger charge is -1.96. The van der Waals surface area contributed by atoms with E-state index in [1.807, 2.05) is 12.1 Å². The van der Waals surface area contributed by atoms with Gasteiger partial charge in [0.05, 0.1) is 10.2 Å². The Kier molecular flexibility index (Phi) is 2.58. The molecule has 7 nitrogen and oxygen atoms in total. The minimum atomic E-state index is -0.283. The third-order valence-electron chi connectivity index (χ3n) is 3.05. The lowest BCUT2D eigenvalue weighted by Crippen LogP contribution is -2.12. The Morgan fingerprint density at radius 1 is 1.38 bits per heavy atom. The van der Waals surface area contributed by atoms with Gasteiger partial charge in [-0.15, -0.1) is 0 Å². The number of hydrogen-bond acceptors (Lipinski definition) is 6. The molecule has 8 heteroatoms. The molecule has 1 aliphatic heterocycles. The Morgan fingerprint density at radius 3 is 2.95 bits per heavy atom. The highest BCUT2D eigenvalue weighted by Crippen LogP contribution is 2.38. The Bertz CT molecular complexity index is 813. The fourth-order valence-corrected chi connectivity index (χ4v) is 2.94. The Morgan fingerprint density at radius 2 is 2.19 bits per heavy atom. The summed E-state index contributed by atoms with van der Waals surface area (Å²) < 4.78 is 13.1. The summed E-state index contributed by atoms with van der Waals surface area (Å²) in [6.45, 7) is 0.232. The van der Waals surface area contributed by atoms with Crippen LogP contribution in [0.5, 0.6) is 11.5 Å². The van der Waals surface area contributed by atoms with Crippen LogP contribution in [0.25, 0.3) is 10.2 Å². The number of benzene rings is 1. The molecule has 3 heterocycles. The highest BCUT2D eigenvalue weighted by Gasteiger charge is 2.17. The Balaban J connectivity index is 1.64. The van der Waals surface area contributed by atoms with Gasteiger partial charge in [-0.3, -0.25) is 14.8 Å². The zero-order chi connectivity index (χ0) is 14.4. The normalized spacial score (nSPS) is 12.8. The van der Waals surface area contributed by atoms with Crippen LogP contribution in [-0.4, -0.2) is 27.5 Å². The quantitative estimate of drug-likeness (QED) is 0.783. The number of hydrogen-bond donors (Lipinski definition) is 1. The number of thiazole rings is 1. The van der Waals surface area contributed by atoms with Crippen molar-refractivity contribution in [3.05, 3.63) is 30.1 Å². The van der Waals surface area contributed by atoms with E-state index in [0.29, 0.717) is 22.3 Å². The Labute approximate surface area is 123 Å². The number of fused-ring (bicyclic) bond motifs is 2. The second-order valence-corrected chi connectivity index (χ2v) is 5.55. The summed E-state index contributed by atoms with van der Waals surface area (Å²) in [7, 11) is 1.76. The fourth-order valence-electron chi connectivity index (χ4n) is 2.07. The second-order valence-electron chi connectivity index (χ2n) is 4.52. The van der Waals surface area contributed by atoms with E-state index in [2.05, 4.69) is 15.4 Å². The van der Waals surface area contributed by atoms with Gasteiger partial charge in [-0.2, -0.15) is 5.10 Å². The van der Waals surface area contributed by atoms with Gasteiger partial charge in [-0.05, 0) is 6.07 Å². The van der Waals surface area contributed by atoms with E-state index < -0.39 is 0 Å². The van der Waals surface area contributed by atoms with Gasteiger partial charge in [0, 0.05) is 25.4 Å². The lowest BCUT2D eigenvalue weighted by molar-refractivity contribution is 0.102. The van der Waals surface area contributed by atoms with Crippen LogP contribution in [0, 0.1) is 0 Å². The monoisotopic (exact) mass is 302 g/mol. The van der Waals surface area contributed by atoms with Gasteiger partial charge in [0.15, 0.2) is 22.3 Å². The van der Waals surface area contributed by atoms with Gasteiger partial charge in [-0.25, -0.2) is 4.98 Å². The van der Waals surface area contributed by atoms with Gasteiger partial charge in [0.1, 0.15) is 0 Å². The lowest BCUT2D eigenvalue weighted by atomic mass is 10.3. The number of anilines is 1. The van der Waals surface area contributed by atoms with E-state index >= 15 is 0 Å². The van der Waals surface area contributed by atoms with Crippen LogP contribution in [-0.2, 0) is 7.05 Å². The number of carbonyl (C=O) groups is 1. The molecule has 106 valence electrons. The minimum Gasteiger partial charge on any atom is -0.454 e. The van der Waals surface area contributed by atoms with Crippen molar-refractivity contribution < 1.29 is 14.3 Å². The van der Waals surface area contributed by atoms with E-state index in [0.717, 1.165) is 10.2 Å². The molecule has 0 spiro atoms. The van der Waals surface area contributed by atoms with Crippen molar-refractivity contribution in [2.45, 2.75) is 0 Å². The molecule has 4 rings (SSSR count). The van der Waals surface area contributed by atoms with Crippen LogP contribution in [0.15, 0.2) is 24.4 Å². The SMILES string of the molecule is Cn1ccc(C(=O)Nc2nc3cc4c(cc3s2)OCO4)n1. The van der Waals surface area contributed by atoms with Crippen LogP contribution >= 0.6 is 11.3 Å². The minimum absolute atomic E-state index is 0.232. The highest BCUT2D eigenvalue weighted by atomic mass is 32.1. The van der Waals surface area contributed by atoms with Crippen molar-refractivity contribution in [2.24, 2.45) is 7.05 Å². The molecule has 0 bridgehead atoms. The summed E-state index contributed by atoms with van der Waals surface area (Å²) in [5, 5.41) is 7.32. The van der Waals surface area contributed by atoms with Crippen molar-refractivity contribution in [1.29, 1.82) is 0 Å². The molecule has 0 radical (unpaired) electrons. The molecule has 3 aromatic rings. The molecule has 0 saturated heterocycles. The van der Waals surface area contributed by atoms with Crippen LogP contribution in [0.4, 0.5) is 5.13 Å². The Hall–Kier alpha value is -2.61. The summed E-state index contributed by atoms with van der Waals surface area (Å²) in [6, 6.07) is 5.33. The summed E-state index contributed by atoms with van der Waals surface area (Å²) in [5.74, 6) is 1.10. The number of aryl methyl sites for hydroxylation is 1. The second kappa shape index (κ2) is 4.45. The number of amides is 1. The number of nitrogens with zero attached hydrogens (tertiary/aromatic N) is 3. The first-order valence-corrected chi connectivity index (χ1v) is 7.02. The molecule has 1 aromatic carbocycles. The van der Waals surface area contributed by atoms with E-state index in [1.165, 1.54) is 11.3 Å². The van der Waals surface area contributed by atoms with Crippen molar-refractivity contribution in [3.8, 4) is 11.5 Å². The molecule has 0 unspecified atom stereocenters. The molecule has 1 aliphatic rings. The van der Waals surface area contributed by atoms with Gasteiger partial charge in [-0.1, -0.05) is 11.3 Å². The standard InChI is InChI=1S/C13H10N4O3S/c1-17-3-2-7(16-17)12(18)15-13-14-8-4-9-10(20-6-19-9)5-11(8)21-13/h2-5H,6H2,1H3,(H,14,15,18). The van der Waals surface area contributed by atoms with E-state index in [-0.39, 0.29) is 12.7 Å². The van der Waals surface area contributed by atoms with Crippen molar-refractivity contribution in [1.82, 2.24) is 14.8 Å². The summed E-state index contributed by atoms with van der Waals surface area (Å²) in [5.41, 5.74) is 1.12. The first kappa shape index (κ1) is 12.2. The summed E-state index contributed by atoms with van der Waals surface area (Å²) >= 11 is 1.38. The molecule has 0 fully saturated rings. The van der Waals surface area contributed by atoms with Crippen LogP contribution in [0.3, 0.4) is 0 Å². The van der Waals surface area contributed by atoms with Crippen LogP contribution in [0.1, 0.15) is 10.5 Å². The van der Waals surface area contributed by atoms with Gasteiger partial charge < -0.3 is 9.47 Å². The maximum Gasteiger partial charge on any atom is 0.277 e. The zero-order valence-electron chi connectivity index (χ0n) is 11.0. The molecular formula is C13H10N4O3S. The predicted molar refractivity (Wildman–Crippen MR) is 76.9 cm³/mol. The number of aromatic nitrogens is 3. The number of carbonyl (C=O) groups excluding carboxylic acids is 1. The van der Waals surface area contributed by atoms with E-state index in [1.54, 1.807) is 24.0 Å². The molecule has 21 heavy (non-hydrogen) atoms. The smallest absolute Gasteiger partial charge is 0.277 e. The average Bonchev–Trinajstić information content (AvgIpc) is 3.14. The number of rotatable bonds is 2. The predicted octanol–water partition coefficient (Wildman–Crippen LogP) is 2.01. The van der Waals surface area contributed by atoms with Gasteiger partial charge in [0.25, 0.3) is 5.91 Å². The first-order chi connectivity index (χ1) is 10.2. The molecule has 0 saturated carbocycles. The van der Waals surface area contributed by atoms with Crippen molar-refractivity contribution in [2.75, 3.05) is 12.1 Å². The molecule has 1 N–H and O–H groups in total. The van der Waals surface area contributed by atoms with Crippen LogP contribution in [0.2, 0.25) is 0 Å². The molecule has 0 atom stereocenters. The van der Waals surface area contributed by atoms with Gasteiger partial charge >= 0.3 is 0 Å². The average molecular weight is 302 g/mol. The van der Waals surface area contributed by atoms with Gasteiger partial charge in [0.2, 0.25) is 6.79 Å². The van der Waals surface area contributed by atoms with E-state index in [4.69, 9.17) is 9.47 Å². The molecule has 1 amide bonds. The molecular weight excluding hydrogens is 292 g/mol. The first-order valence-electron chi connectivity index (χ1n) is 6.20. The van der Waals surface area contributed by atoms with E-state index in [9.17, 15) is 4.79 Å². The maximum absolute atomic E-state index is 12.0. The van der Waals surface area contributed by atoms with Crippen molar-refractivity contribution >= 4 is 32.6 Å². The number of nitrogens with one attached hydrogen (secondary N) is 1. The highest BCUT2D eigenvalue weighted by molar-refractivity contribution is 7.22. The third kappa shape index (κ3) is 2.09. The molecule has 0 aliphatic carbocycles. The largest absolute Gasteiger partial charge is 0.454 e. The topological polar surface area (TPSA) is 78.3 Å². The number of ether oxygens (including phenoxy) is 2. The van der Waals surface area contributed by atoms with Crippen LogP contribution < -0.4 is 14.8 Å². The zero-order valence-corrected chi connectivity index (χ0v) is 11.8. The summed E-state index contributed by atoms with van der Waals surface area (Å²) in [4.78, 5) is 16.4. The maximum atomic E-state index is 12.0. The fraction of sp³-hybridized carbons (Fsp3) is 0.154. The summed E-state index contributed by atoms with van der Waals surface area (Å²) in [6.07, 6.45) is 1.71. The molecule has 2 aromatic heterocycles. The third-order valence-corrected chi connectivity index (χ3v) is 3.98. The van der Waals surface area contributed by atoms with Crippen molar-refractivity contribution in [3.63, 3.8) is 0 Å².